The van der Waals surface area contributed by atoms with E-state index in [9.17, 15) is 4.79 Å². The Balaban J connectivity index is 1.43. The molecule has 1 N–H and O–H groups in total. The van der Waals surface area contributed by atoms with Crippen LogP contribution in [-0.4, -0.2) is 46.4 Å². The minimum Gasteiger partial charge on any atom is -0.365 e. The third kappa shape index (κ3) is 2.95. The molecule has 0 radical (unpaired) electrons. The van der Waals surface area contributed by atoms with Crippen molar-refractivity contribution in [3.05, 3.63) is 17.8 Å². The molecule has 132 valence electrons. The Bertz CT molecular complexity index is 678. The Morgan fingerprint density at radius 1 is 1.36 bits per heavy atom. The fourth-order valence-corrected chi connectivity index (χ4v) is 4.49. The summed E-state index contributed by atoms with van der Waals surface area (Å²) in [4.78, 5) is 14.9. The van der Waals surface area contributed by atoms with Crippen LogP contribution in [0.25, 0.3) is 0 Å². The summed E-state index contributed by atoms with van der Waals surface area (Å²) in [6.07, 6.45) is 5.79. The predicted molar refractivity (Wildman–Crippen MR) is 90.8 cm³/mol. The van der Waals surface area contributed by atoms with Gasteiger partial charge in [0.25, 0.3) is 5.91 Å². The van der Waals surface area contributed by atoms with E-state index >= 15 is 0 Å². The Kier molecular flexibility index (Phi) is 4.08. The molecule has 0 aliphatic carbocycles. The lowest BCUT2D eigenvalue weighted by Crippen LogP contribution is -2.54. The second-order valence-corrected chi connectivity index (χ2v) is 7.51. The molecule has 4 heterocycles. The molecule has 1 aromatic rings. The highest BCUT2D eigenvalue weighted by Crippen LogP contribution is 2.38. The number of nitrogens with zero attached hydrogens (tertiary/aromatic N) is 4. The van der Waals surface area contributed by atoms with Gasteiger partial charge < -0.3 is 15.0 Å². The predicted octanol–water partition coefficient (Wildman–Crippen LogP) is 1.53. The largest absolute Gasteiger partial charge is 0.365 e. The fraction of sp³-hybridized carbons (Fsp3) is 0.667. The number of nitriles is 1. The molecule has 2 bridgehead atoms. The van der Waals surface area contributed by atoms with Gasteiger partial charge in [-0.05, 0) is 57.6 Å². The number of nitrogens with one attached hydrogen (secondary N) is 1. The summed E-state index contributed by atoms with van der Waals surface area (Å²) < 4.78 is 5.66. The number of anilines is 1. The summed E-state index contributed by atoms with van der Waals surface area (Å²) in [5, 5.41) is 20.3. The van der Waals surface area contributed by atoms with Crippen LogP contribution in [0.1, 0.15) is 51.1 Å². The normalized spacial score (nSPS) is 33.9. The number of piperidine rings is 1. The van der Waals surface area contributed by atoms with E-state index in [0.29, 0.717) is 24.4 Å². The first kappa shape index (κ1) is 16.3. The van der Waals surface area contributed by atoms with Crippen molar-refractivity contribution in [2.24, 2.45) is 0 Å². The zero-order valence-corrected chi connectivity index (χ0v) is 14.4. The molecule has 3 aliphatic rings. The van der Waals surface area contributed by atoms with E-state index in [0.717, 1.165) is 44.3 Å². The minimum atomic E-state index is -0.658. The van der Waals surface area contributed by atoms with Crippen LogP contribution in [0.4, 0.5) is 5.82 Å². The second kappa shape index (κ2) is 6.26. The monoisotopic (exact) mass is 341 g/mol. The number of rotatable bonds is 3. The van der Waals surface area contributed by atoms with Crippen molar-refractivity contribution in [1.82, 2.24) is 15.5 Å². The molecule has 3 fully saturated rings. The van der Waals surface area contributed by atoms with E-state index in [4.69, 9.17) is 10.00 Å². The average molecular weight is 341 g/mol. The van der Waals surface area contributed by atoms with Crippen LogP contribution in [0.2, 0.25) is 0 Å². The summed E-state index contributed by atoms with van der Waals surface area (Å²) in [6, 6.07) is 6.51. The van der Waals surface area contributed by atoms with Crippen LogP contribution in [-0.2, 0) is 9.53 Å². The van der Waals surface area contributed by atoms with Gasteiger partial charge in [-0.15, -0.1) is 10.2 Å². The maximum atomic E-state index is 12.6. The first-order chi connectivity index (χ1) is 12.1. The van der Waals surface area contributed by atoms with E-state index in [-0.39, 0.29) is 11.9 Å². The van der Waals surface area contributed by atoms with Crippen molar-refractivity contribution in [3.8, 4) is 6.07 Å². The highest BCUT2D eigenvalue weighted by atomic mass is 16.5. The van der Waals surface area contributed by atoms with Gasteiger partial charge in [0.05, 0.1) is 0 Å². The van der Waals surface area contributed by atoms with Crippen molar-refractivity contribution in [2.45, 2.75) is 69.2 Å². The molecule has 3 aliphatic heterocycles. The fourth-order valence-electron chi connectivity index (χ4n) is 4.49. The van der Waals surface area contributed by atoms with Crippen molar-refractivity contribution in [2.75, 3.05) is 11.5 Å². The highest BCUT2D eigenvalue weighted by Gasteiger charge is 2.44. The smallest absolute Gasteiger partial charge is 0.252 e. The third-order valence-corrected chi connectivity index (χ3v) is 5.80. The van der Waals surface area contributed by atoms with Crippen LogP contribution < -0.4 is 10.2 Å². The molecule has 0 saturated carbocycles. The first-order valence-electron chi connectivity index (χ1n) is 9.06. The summed E-state index contributed by atoms with van der Waals surface area (Å²) in [7, 11) is 0. The summed E-state index contributed by atoms with van der Waals surface area (Å²) in [6.45, 7) is 2.57. The Labute approximate surface area is 147 Å². The molecule has 1 aromatic heterocycles. The summed E-state index contributed by atoms with van der Waals surface area (Å²) >= 11 is 0. The number of carbonyl (C=O) groups is 1. The van der Waals surface area contributed by atoms with E-state index in [1.54, 1.807) is 6.07 Å². The number of amides is 1. The number of hydrogen-bond donors (Lipinski definition) is 1. The lowest BCUT2D eigenvalue weighted by Gasteiger charge is -2.40. The molecular weight excluding hydrogens is 318 g/mol. The molecule has 4 rings (SSSR count). The van der Waals surface area contributed by atoms with Gasteiger partial charge in [-0.1, -0.05) is 0 Å². The van der Waals surface area contributed by atoms with Crippen LogP contribution in [0, 0.1) is 11.3 Å². The Morgan fingerprint density at radius 2 is 2.12 bits per heavy atom. The molecule has 2 unspecified atom stereocenters. The van der Waals surface area contributed by atoms with Gasteiger partial charge in [0, 0.05) is 24.7 Å². The molecule has 7 nitrogen and oxygen atoms in total. The van der Waals surface area contributed by atoms with Crippen LogP contribution in [0.3, 0.4) is 0 Å². The van der Waals surface area contributed by atoms with Gasteiger partial charge in [0.2, 0.25) is 0 Å². The van der Waals surface area contributed by atoms with Crippen LogP contribution in [0.5, 0.6) is 0 Å². The number of aromatic nitrogens is 2. The summed E-state index contributed by atoms with van der Waals surface area (Å²) in [5.74, 6) is 0.864. The molecule has 3 saturated heterocycles. The standard InChI is InChI=1S/C18H23N5O2/c1-18(7-2-8-25-18)17(24)20-13-9-14-4-5-15(10-13)23(14)16-6-3-12(11-19)21-22-16/h3,6,13-15H,2,4-5,7-10H2,1H3,(H,20,24)/t13?,14-,15+,18?. The maximum absolute atomic E-state index is 12.6. The quantitative estimate of drug-likeness (QED) is 0.896. The van der Waals surface area contributed by atoms with Gasteiger partial charge in [-0.25, -0.2) is 0 Å². The topological polar surface area (TPSA) is 91.1 Å². The molecule has 7 heteroatoms. The van der Waals surface area contributed by atoms with Crippen molar-refractivity contribution in [1.29, 1.82) is 5.26 Å². The lowest BCUT2D eigenvalue weighted by molar-refractivity contribution is -0.140. The van der Waals surface area contributed by atoms with E-state index in [1.807, 2.05) is 19.1 Å². The van der Waals surface area contributed by atoms with Gasteiger partial charge in [0.1, 0.15) is 11.7 Å². The molecule has 1 amide bonds. The van der Waals surface area contributed by atoms with E-state index in [1.165, 1.54) is 0 Å². The maximum Gasteiger partial charge on any atom is 0.252 e. The number of ether oxygens (including phenoxy) is 1. The zero-order valence-electron chi connectivity index (χ0n) is 14.4. The molecule has 25 heavy (non-hydrogen) atoms. The molecule has 0 aromatic carbocycles. The molecular formula is C18H23N5O2. The van der Waals surface area contributed by atoms with Gasteiger partial charge in [-0.3, -0.25) is 4.79 Å². The van der Waals surface area contributed by atoms with Gasteiger partial charge in [0.15, 0.2) is 11.5 Å². The molecule has 4 atom stereocenters. The van der Waals surface area contributed by atoms with Gasteiger partial charge >= 0.3 is 0 Å². The first-order valence-corrected chi connectivity index (χ1v) is 9.06. The lowest BCUT2D eigenvalue weighted by atomic mass is 9.95. The minimum absolute atomic E-state index is 0.0287. The highest BCUT2D eigenvalue weighted by molar-refractivity contribution is 5.85. The van der Waals surface area contributed by atoms with Crippen LogP contribution in [0.15, 0.2) is 12.1 Å². The van der Waals surface area contributed by atoms with E-state index < -0.39 is 5.60 Å². The molecule has 0 spiro atoms. The Hall–Kier alpha value is -2.20. The number of hydrogen-bond acceptors (Lipinski definition) is 6. The van der Waals surface area contributed by atoms with Crippen molar-refractivity contribution in [3.63, 3.8) is 0 Å². The van der Waals surface area contributed by atoms with E-state index in [2.05, 4.69) is 20.4 Å². The Morgan fingerprint density at radius 3 is 2.68 bits per heavy atom. The SMILES string of the molecule is CC1(C(=O)NC2C[C@H]3CC[C@@H](C2)N3c2ccc(C#N)nn2)CCCO1. The second-order valence-electron chi connectivity index (χ2n) is 7.51. The third-order valence-electron chi connectivity index (χ3n) is 5.80. The van der Waals surface area contributed by atoms with Crippen LogP contribution >= 0.6 is 0 Å². The number of carbonyl (C=O) groups excluding carboxylic acids is 1. The average Bonchev–Trinajstić information content (AvgIpc) is 3.18. The summed E-state index contributed by atoms with van der Waals surface area (Å²) in [5.41, 5.74) is -0.322. The number of fused-ring (bicyclic) bond motifs is 2. The zero-order chi connectivity index (χ0) is 17.4. The van der Waals surface area contributed by atoms with Crippen molar-refractivity contribution >= 4 is 11.7 Å². The van der Waals surface area contributed by atoms with Crippen molar-refractivity contribution < 1.29 is 9.53 Å². The van der Waals surface area contributed by atoms with Gasteiger partial charge in [-0.2, -0.15) is 5.26 Å².